The maximum absolute atomic E-state index is 14.6. The monoisotopic (exact) mass is 566 g/mol. The van der Waals surface area contributed by atoms with Gasteiger partial charge in [0.2, 0.25) is 0 Å². The summed E-state index contributed by atoms with van der Waals surface area (Å²) in [5.74, 6) is -4.99. The van der Waals surface area contributed by atoms with Crippen LogP contribution >= 0.6 is 0 Å². The molecule has 214 valence electrons. The first-order valence-corrected chi connectivity index (χ1v) is 13.3. The fraction of sp³-hybridized carbons (Fsp3) is 0.333. The van der Waals surface area contributed by atoms with Crippen molar-refractivity contribution in [3.8, 4) is 11.3 Å². The second kappa shape index (κ2) is 11.3. The number of hydrogen-bond donors (Lipinski definition) is 1. The number of morpholine rings is 1. The third-order valence-corrected chi connectivity index (χ3v) is 7.54. The van der Waals surface area contributed by atoms with Crippen LogP contribution in [0.3, 0.4) is 0 Å². The Morgan fingerprint density at radius 2 is 1.54 bits per heavy atom. The second-order valence-corrected chi connectivity index (χ2v) is 10.4. The molecule has 3 aromatic rings. The number of nitrogens with one attached hydrogen (secondary N) is 1. The van der Waals surface area contributed by atoms with Crippen molar-refractivity contribution in [2.24, 2.45) is 0 Å². The van der Waals surface area contributed by atoms with Crippen LogP contribution in [0, 0.1) is 31.3 Å². The first-order valence-electron chi connectivity index (χ1n) is 13.3. The van der Waals surface area contributed by atoms with Crippen molar-refractivity contribution in [1.29, 1.82) is 0 Å². The van der Waals surface area contributed by atoms with E-state index in [1.807, 2.05) is 32.0 Å². The van der Waals surface area contributed by atoms with E-state index in [-0.39, 0.29) is 31.9 Å². The maximum atomic E-state index is 14.6. The summed E-state index contributed by atoms with van der Waals surface area (Å²) in [4.78, 5) is 46.3. The number of likely N-dealkylation sites (tertiary alicyclic amines) is 1. The highest BCUT2D eigenvalue weighted by Crippen LogP contribution is 2.31. The summed E-state index contributed by atoms with van der Waals surface area (Å²) >= 11 is 0. The van der Waals surface area contributed by atoms with Gasteiger partial charge in [0.15, 0.2) is 0 Å². The van der Waals surface area contributed by atoms with E-state index >= 15 is 0 Å². The highest BCUT2D eigenvalue weighted by Gasteiger charge is 2.44. The number of anilines is 1. The number of rotatable bonds is 3. The molecule has 2 aliphatic rings. The van der Waals surface area contributed by atoms with E-state index in [0.717, 1.165) is 41.5 Å². The standard InChI is InChI=1S/C30H29F3N4O4/c1-18-6-3-7-19(2)25(18)35-27(38)29(40)36-13-5-12-30(16-36)17-37(14-15-41-30)28(39)23-11-10-22(33)26(34-23)24-20(31)8-4-9-21(24)32/h3-4,6-11H,5,12-17H2,1-2H3,(H,35,38). The first kappa shape index (κ1) is 28.3. The molecule has 1 spiro atoms. The lowest BCUT2D eigenvalue weighted by Gasteiger charge is -2.47. The number of aryl methyl sites for hydroxylation is 2. The minimum Gasteiger partial charge on any atom is -0.369 e. The molecule has 41 heavy (non-hydrogen) atoms. The number of piperidine rings is 1. The number of ether oxygens (including phenoxy) is 1. The molecule has 1 unspecified atom stereocenters. The van der Waals surface area contributed by atoms with Crippen LogP contribution in [0.25, 0.3) is 11.3 Å². The fourth-order valence-corrected chi connectivity index (χ4v) is 5.48. The first-order chi connectivity index (χ1) is 19.6. The Balaban J connectivity index is 1.32. The summed E-state index contributed by atoms with van der Waals surface area (Å²) < 4.78 is 49.3. The number of carbonyl (C=O) groups excluding carboxylic acids is 3. The second-order valence-electron chi connectivity index (χ2n) is 10.4. The Kier molecular flexibility index (Phi) is 7.81. The van der Waals surface area contributed by atoms with Gasteiger partial charge in [0, 0.05) is 18.8 Å². The summed E-state index contributed by atoms with van der Waals surface area (Å²) in [5.41, 5.74) is -0.0936. The maximum Gasteiger partial charge on any atom is 0.313 e. The van der Waals surface area contributed by atoms with E-state index in [9.17, 15) is 27.6 Å². The van der Waals surface area contributed by atoms with E-state index in [1.54, 1.807) is 0 Å². The van der Waals surface area contributed by atoms with Gasteiger partial charge in [-0.3, -0.25) is 14.4 Å². The summed E-state index contributed by atoms with van der Waals surface area (Å²) in [6, 6.07) is 10.8. The molecular formula is C30H29F3N4O4. The summed E-state index contributed by atoms with van der Waals surface area (Å²) in [6.07, 6.45) is 1.09. The van der Waals surface area contributed by atoms with E-state index < -0.39 is 52.0 Å². The Bertz CT molecular complexity index is 1490. The average molecular weight is 567 g/mol. The van der Waals surface area contributed by atoms with Crippen molar-refractivity contribution >= 4 is 23.4 Å². The van der Waals surface area contributed by atoms with Gasteiger partial charge in [-0.1, -0.05) is 24.3 Å². The number of halogens is 3. The van der Waals surface area contributed by atoms with E-state index in [1.165, 1.54) is 9.80 Å². The van der Waals surface area contributed by atoms with Crippen molar-refractivity contribution in [1.82, 2.24) is 14.8 Å². The highest BCUT2D eigenvalue weighted by atomic mass is 19.1. The van der Waals surface area contributed by atoms with Gasteiger partial charge in [0.1, 0.15) is 34.4 Å². The lowest BCUT2D eigenvalue weighted by molar-refractivity contribution is -0.157. The molecule has 5 rings (SSSR count). The predicted molar refractivity (Wildman–Crippen MR) is 144 cm³/mol. The zero-order valence-electron chi connectivity index (χ0n) is 22.7. The van der Waals surface area contributed by atoms with Gasteiger partial charge in [-0.25, -0.2) is 18.2 Å². The van der Waals surface area contributed by atoms with Crippen LogP contribution in [0.1, 0.15) is 34.5 Å². The quantitative estimate of drug-likeness (QED) is 0.479. The Morgan fingerprint density at radius 1 is 0.878 bits per heavy atom. The zero-order chi connectivity index (χ0) is 29.3. The predicted octanol–water partition coefficient (Wildman–Crippen LogP) is 4.26. The zero-order valence-corrected chi connectivity index (χ0v) is 22.7. The molecule has 1 aromatic heterocycles. The molecule has 0 saturated carbocycles. The SMILES string of the molecule is Cc1cccc(C)c1NC(=O)C(=O)N1CCCC2(C1)CN(C(=O)c1ccc(F)c(-c3c(F)cccc3F)n1)CCO2. The van der Waals surface area contributed by atoms with Gasteiger partial charge in [0.05, 0.1) is 25.3 Å². The topological polar surface area (TPSA) is 91.8 Å². The van der Waals surface area contributed by atoms with Gasteiger partial charge in [-0.15, -0.1) is 0 Å². The van der Waals surface area contributed by atoms with Gasteiger partial charge < -0.3 is 19.9 Å². The third kappa shape index (κ3) is 5.67. The molecule has 2 saturated heterocycles. The Labute approximate surface area is 235 Å². The number of nitrogens with zero attached hydrogens (tertiary/aromatic N) is 3. The normalized spacial score (nSPS) is 18.9. The van der Waals surface area contributed by atoms with Gasteiger partial charge in [-0.2, -0.15) is 0 Å². The van der Waals surface area contributed by atoms with E-state index in [4.69, 9.17) is 4.74 Å². The number of hydrogen-bond acceptors (Lipinski definition) is 5. The molecule has 1 atom stereocenters. The Morgan fingerprint density at radius 3 is 2.24 bits per heavy atom. The molecule has 3 amide bonds. The van der Waals surface area contributed by atoms with Crippen molar-refractivity contribution in [3.63, 3.8) is 0 Å². The van der Waals surface area contributed by atoms with Crippen LogP contribution in [0.2, 0.25) is 0 Å². The van der Waals surface area contributed by atoms with Crippen molar-refractivity contribution in [2.75, 3.05) is 38.1 Å². The molecular weight excluding hydrogens is 537 g/mol. The fourth-order valence-electron chi connectivity index (χ4n) is 5.48. The van der Waals surface area contributed by atoms with Crippen molar-refractivity contribution in [3.05, 3.63) is 82.8 Å². The number of benzene rings is 2. The highest BCUT2D eigenvalue weighted by molar-refractivity contribution is 6.39. The largest absolute Gasteiger partial charge is 0.369 e. The van der Waals surface area contributed by atoms with Crippen molar-refractivity contribution < 1.29 is 32.3 Å². The molecule has 0 aliphatic carbocycles. The van der Waals surface area contributed by atoms with Gasteiger partial charge in [0.25, 0.3) is 5.91 Å². The van der Waals surface area contributed by atoms with Crippen LogP contribution in [-0.4, -0.2) is 70.9 Å². The van der Waals surface area contributed by atoms with Crippen LogP contribution in [0.5, 0.6) is 0 Å². The molecule has 2 fully saturated rings. The lowest BCUT2D eigenvalue weighted by atomic mass is 9.90. The van der Waals surface area contributed by atoms with Gasteiger partial charge >= 0.3 is 11.8 Å². The summed E-state index contributed by atoms with van der Waals surface area (Å²) in [6.45, 7) is 4.60. The molecule has 3 heterocycles. The smallest absolute Gasteiger partial charge is 0.313 e. The minimum absolute atomic E-state index is 0.0938. The van der Waals surface area contributed by atoms with E-state index in [2.05, 4.69) is 10.3 Å². The summed E-state index contributed by atoms with van der Waals surface area (Å²) in [7, 11) is 0. The van der Waals surface area contributed by atoms with Crippen LogP contribution in [-0.2, 0) is 14.3 Å². The van der Waals surface area contributed by atoms with Gasteiger partial charge in [-0.05, 0) is 62.1 Å². The van der Waals surface area contributed by atoms with Crippen LogP contribution in [0.4, 0.5) is 18.9 Å². The van der Waals surface area contributed by atoms with Crippen LogP contribution < -0.4 is 5.32 Å². The number of amides is 3. The molecule has 0 bridgehead atoms. The third-order valence-electron chi connectivity index (χ3n) is 7.54. The Hall–Kier alpha value is -4.25. The van der Waals surface area contributed by atoms with Crippen LogP contribution in [0.15, 0.2) is 48.5 Å². The molecule has 11 heteroatoms. The number of carbonyl (C=O) groups is 3. The van der Waals surface area contributed by atoms with E-state index in [0.29, 0.717) is 25.1 Å². The summed E-state index contributed by atoms with van der Waals surface area (Å²) in [5, 5.41) is 2.72. The van der Waals surface area contributed by atoms with Crippen molar-refractivity contribution in [2.45, 2.75) is 32.3 Å². The molecule has 2 aromatic carbocycles. The molecule has 0 radical (unpaired) electrons. The molecule has 8 nitrogen and oxygen atoms in total. The molecule has 2 aliphatic heterocycles. The number of aromatic nitrogens is 1. The number of para-hydroxylation sites is 1. The number of pyridine rings is 1. The minimum atomic E-state index is -1.00. The molecule has 1 N–H and O–H groups in total. The average Bonchev–Trinajstić information content (AvgIpc) is 2.95. The lowest BCUT2D eigenvalue weighted by Crippen LogP contribution is -2.62.